The number of hydrogen-bond donors (Lipinski definition) is 1. The van der Waals surface area contributed by atoms with Crippen LogP contribution in [0.1, 0.15) is 11.1 Å². The number of rotatable bonds is 2. The maximum Gasteiger partial charge on any atom is 0.241 e. The average Bonchev–Trinajstić information content (AvgIpc) is 2.70. The zero-order valence-corrected chi connectivity index (χ0v) is 10.4. The van der Waals surface area contributed by atoms with E-state index in [1.165, 1.54) is 17.1 Å². The van der Waals surface area contributed by atoms with E-state index < -0.39 is 10.0 Å². The molecule has 0 aliphatic rings. The third-order valence-corrected chi connectivity index (χ3v) is 3.37. The van der Waals surface area contributed by atoms with Crippen LogP contribution in [0.5, 0.6) is 0 Å². The highest BCUT2D eigenvalue weighted by atomic mass is 32.2. The second-order valence-corrected chi connectivity index (χ2v) is 5.52. The van der Waals surface area contributed by atoms with Gasteiger partial charge in [0.2, 0.25) is 10.0 Å². The predicted octanol–water partition coefficient (Wildman–Crippen LogP) is 1.14. The molecule has 0 aliphatic heterocycles. The lowest BCUT2D eigenvalue weighted by Gasteiger charge is -2.06. The van der Waals surface area contributed by atoms with Crippen molar-refractivity contribution in [3.63, 3.8) is 0 Å². The molecule has 6 heteroatoms. The van der Waals surface area contributed by atoms with Crippen LogP contribution in [-0.2, 0) is 10.0 Å². The third-order valence-electron chi connectivity index (χ3n) is 2.50. The Morgan fingerprint density at radius 1 is 1.29 bits per heavy atom. The van der Waals surface area contributed by atoms with Crippen molar-refractivity contribution in [3.8, 4) is 5.69 Å². The number of hydrogen-bond acceptors (Lipinski definition) is 3. The quantitative estimate of drug-likeness (QED) is 0.869. The van der Waals surface area contributed by atoms with E-state index in [4.69, 9.17) is 5.14 Å². The minimum absolute atomic E-state index is 0.0124. The molecule has 2 N–H and O–H groups in total. The first-order valence-corrected chi connectivity index (χ1v) is 6.57. The molecule has 0 spiro atoms. The Morgan fingerprint density at radius 3 is 2.59 bits per heavy atom. The SMILES string of the molecule is Cc1ccc(C)c(-n2cc(S(N)(=O)=O)cn2)c1. The van der Waals surface area contributed by atoms with E-state index in [9.17, 15) is 8.42 Å². The molecule has 0 saturated heterocycles. The molecule has 1 aromatic carbocycles. The van der Waals surface area contributed by atoms with Gasteiger partial charge in [-0.2, -0.15) is 5.10 Å². The number of benzene rings is 1. The molecule has 2 rings (SSSR count). The number of nitrogens with two attached hydrogens (primary N) is 1. The first-order chi connectivity index (χ1) is 7.88. The number of aryl methyl sites for hydroxylation is 2. The topological polar surface area (TPSA) is 78.0 Å². The minimum atomic E-state index is -3.70. The van der Waals surface area contributed by atoms with E-state index >= 15 is 0 Å². The molecule has 0 saturated carbocycles. The molecule has 0 aliphatic carbocycles. The third kappa shape index (κ3) is 2.37. The summed E-state index contributed by atoms with van der Waals surface area (Å²) in [6.45, 7) is 3.90. The molecule has 0 amide bonds. The van der Waals surface area contributed by atoms with E-state index in [0.717, 1.165) is 16.8 Å². The Bertz CT molecular complexity index is 659. The van der Waals surface area contributed by atoms with Crippen molar-refractivity contribution in [3.05, 3.63) is 41.7 Å². The average molecular weight is 251 g/mol. The Labute approximate surface area is 99.9 Å². The largest absolute Gasteiger partial charge is 0.241 e. The number of primary sulfonamides is 1. The number of nitrogens with zero attached hydrogens (tertiary/aromatic N) is 2. The summed E-state index contributed by atoms with van der Waals surface area (Å²) in [6, 6.07) is 5.89. The van der Waals surface area contributed by atoms with E-state index in [1.54, 1.807) is 0 Å². The van der Waals surface area contributed by atoms with Crippen LogP contribution in [-0.4, -0.2) is 18.2 Å². The van der Waals surface area contributed by atoms with Crippen LogP contribution >= 0.6 is 0 Å². The molecule has 0 radical (unpaired) electrons. The van der Waals surface area contributed by atoms with Crippen LogP contribution in [0.2, 0.25) is 0 Å². The second-order valence-electron chi connectivity index (χ2n) is 3.96. The fourth-order valence-electron chi connectivity index (χ4n) is 1.55. The van der Waals surface area contributed by atoms with E-state index in [-0.39, 0.29) is 4.90 Å². The van der Waals surface area contributed by atoms with Gasteiger partial charge in [0.25, 0.3) is 0 Å². The molecule has 2 aromatic rings. The van der Waals surface area contributed by atoms with Gasteiger partial charge in [-0.15, -0.1) is 0 Å². The van der Waals surface area contributed by atoms with Gasteiger partial charge in [-0.1, -0.05) is 12.1 Å². The Balaban J connectivity index is 2.55. The van der Waals surface area contributed by atoms with Crippen molar-refractivity contribution < 1.29 is 8.42 Å². The van der Waals surface area contributed by atoms with E-state index in [1.807, 2.05) is 32.0 Å². The molecular formula is C11H13N3O2S. The zero-order valence-electron chi connectivity index (χ0n) is 9.58. The maximum absolute atomic E-state index is 11.2. The summed E-state index contributed by atoms with van der Waals surface area (Å²) >= 11 is 0. The van der Waals surface area contributed by atoms with Crippen LogP contribution in [0, 0.1) is 13.8 Å². The van der Waals surface area contributed by atoms with Crippen molar-refractivity contribution in [2.24, 2.45) is 5.14 Å². The maximum atomic E-state index is 11.2. The van der Waals surface area contributed by atoms with Gasteiger partial charge in [0.05, 0.1) is 18.1 Å². The normalized spacial score (nSPS) is 11.7. The molecule has 5 nitrogen and oxygen atoms in total. The smallest absolute Gasteiger partial charge is 0.239 e. The molecule has 0 bridgehead atoms. The van der Waals surface area contributed by atoms with Crippen molar-refractivity contribution in [1.29, 1.82) is 0 Å². The van der Waals surface area contributed by atoms with Gasteiger partial charge >= 0.3 is 0 Å². The molecule has 1 heterocycles. The molecule has 1 aromatic heterocycles. The van der Waals surface area contributed by atoms with Crippen LogP contribution < -0.4 is 5.14 Å². The highest BCUT2D eigenvalue weighted by Gasteiger charge is 2.12. The van der Waals surface area contributed by atoms with Crippen LogP contribution in [0.15, 0.2) is 35.5 Å². The summed E-state index contributed by atoms with van der Waals surface area (Å²) < 4.78 is 23.8. The lowest BCUT2D eigenvalue weighted by atomic mass is 10.1. The standard InChI is InChI=1S/C11H13N3O2S/c1-8-3-4-9(2)11(5-8)14-7-10(6-13-14)17(12,15)16/h3-7H,1-2H3,(H2,12,15,16). The molecule has 17 heavy (non-hydrogen) atoms. The Morgan fingerprint density at radius 2 is 2.00 bits per heavy atom. The monoisotopic (exact) mass is 251 g/mol. The van der Waals surface area contributed by atoms with Crippen molar-refractivity contribution in [2.75, 3.05) is 0 Å². The van der Waals surface area contributed by atoms with Crippen LogP contribution in [0.3, 0.4) is 0 Å². The van der Waals surface area contributed by atoms with Crippen LogP contribution in [0.25, 0.3) is 5.69 Å². The highest BCUT2D eigenvalue weighted by Crippen LogP contribution is 2.16. The minimum Gasteiger partial charge on any atom is -0.239 e. The van der Waals surface area contributed by atoms with Gasteiger partial charge in [-0.3, -0.25) is 0 Å². The highest BCUT2D eigenvalue weighted by molar-refractivity contribution is 7.89. The van der Waals surface area contributed by atoms with E-state index in [0.29, 0.717) is 0 Å². The van der Waals surface area contributed by atoms with Gasteiger partial charge in [0.1, 0.15) is 4.90 Å². The lowest BCUT2D eigenvalue weighted by molar-refractivity contribution is 0.598. The first-order valence-electron chi connectivity index (χ1n) is 5.03. The summed E-state index contributed by atoms with van der Waals surface area (Å²) in [7, 11) is -3.70. The van der Waals surface area contributed by atoms with Crippen molar-refractivity contribution in [2.45, 2.75) is 18.7 Å². The summed E-state index contributed by atoms with van der Waals surface area (Å²) in [5.74, 6) is 0. The summed E-state index contributed by atoms with van der Waals surface area (Å²) in [5.41, 5.74) is 2.94. The summed E-state index contributed by atoms with van der Waals surface area (Å²) in [5, 5.41) is 9.05. The van der Waals surface area contributed by atoms with Crippen molar-refractivity contribution >= 4 is 10.0 Å². The van der Waals surface area contributed by atoms with Gasteiger partial charge < -0.3 is 0 Å². The summed E-state index contributed by atoms with van der Waals surface area (Å²) in [4.78, 5) is 0.0124. The van der Waals surface area contributed by atoms with Gasteiger partial charge in [0, 0.05) is 0 Å². The van der Waals surface area contributed by atoms with Crippen LogP contribution in [0.4, 0.5) is 0 Å². The molecular weight excluding hydrogens is 238 g/mol. The second kappa shape index (κ2) is 3.97. The Hall–Kier alpha value is -1.66. The first kappa shape index (κ1) is 11.8. The van der Waals surface area contributed by atoms with E-state index in [2.05, 4.69) is 5.10 Å². The van der Waals surface area contributed by atoms with Gasteiger partial charge in [-0.25, -0.2) is 18.2 Å². The molecule has 90 valence electrons. The fraction of sp³-hybridized carbons (Fsp3) is 0.182. The predicted molar refractivity (Wildman–Crippen MR) is 64.4 cm³/mol. The Kier molecular flexibility index (Phi) is 2.76. The van der Waals surface area contributed by atoms with Gasteiger partial charge in [-0.05, 0) is 31.0 Å². The lowest BCUT2D eigenvalue weighted by Crippen LogP contribution is -2.11. The number of aromatic nitrogens is 2. The fourth-order valence-corrected chi connectivity index (χ4v) is 1.99. The zero-order chi connectivity index (χ0) is 12.6. The molecule has 0 fully saturated rings. The molecule has 0 atom stereocenters. The molecule has 0 unspecified atom stereocenters. The summed E-state index contributed by atoms with van der Waals surface area (Å²) in [6.07, 6.45) is 2.66. The van der Waals surface area contributed by atoms with Gasteiger partial charge in [0.15, 0.2) is 0 Å². The van der Waals surface area contributed by atoms with Crippen molar-refractivity contribution in [1.82, 2.24) is 9.78 Å². The number of sulfonamides is 1.